The SMILES string of the molecule is COc1cc(OC)c([C@H]2CC(=O)Nc3c2sc(C(=O)O)c3-c2ccccc2)cc1OC. The van der Waals surface area contributed by atoms with Crippen LogP contribution in [0.5, 0.6) is 17.2 Å². The zero-order chi connectivity index (χ0) is 22.1. The number of methoxy groups -OCH3 is 3. The summed E-state index contributed by atoms with van der Waals surface area (Å²) in [7, 11) is 4.61. The van der Waals surface area contributed by atoms with Crippen molar-refractivity contribution in [2.24, 2.45) is 0 Å². The van der Waals surface area contributed by atoms with Gasteiger partial charge in [0.1, 0.15) is 10.6 Å². The molecule has 2 heterocycles. The van der Waals surface area contributed by atoms with Crippen molar-refractivity contribution in [1.29, 1.82) is 0 Å². The van der Waals surface area contributed by atoms with Crippen molar-refractivity contribution >= 4 is 28.9 Å². The molecule has 0 saturated heterocycles. The van der Waals surface area contributed by atoms with Crippen molar-refractivity contribution in [2.75, 3.05) is 26.6 Å². The summed E-state index contributed by atoms with van der Waals surface area (Å²) in [5.41, 5.74) is 2.52. The average molecular weight is 439 g/mol. The number of anilines is 1. The second-order valence-corrected chi connectivity index (χ2v) is 8.02. The number of rotatable bonds is 6. The molecule has 1 aliphatic rings. The van der Waals surface area contributed by atoms with Gasteiger partial charge in [0.2, 0.25) is 5.91 Å². The Balaban J connectivity index is 1.96. The third-order valence-corrected chi connectivity index (χ3v) is 6.57. The average Bonchev–Trinajstić information content (AvgIpc) is 3.17. The van der Waals surface area contributed by atoms with Crippen molar-refractivity contribution < 1.29 is 28.9 Å². The molecule has 7 nitrogen and oxygen atoms in total. The van der Waals surface area contributed by atoms with Gasteiger partial charge in [-0.1, -0.05) is 30.3 Å². The molecule has 0 fully saturated rings. The third kappa shape index (κ3) is 3.59. The number of aromatic carboxylic acids is 1. The van der Waals surface area contributed by atoms with Gasteiger partial charge in [0.15, 0.2) is 11.5 Å². The van der Waals surface area contributed by atoms with E-state index in [0.717, 1.165) is 16.0 Å². The number of fused-ring (bicyclic) bond motifs is 1. The van der Waals surface area contributed by atoms with Gasteiger partial charge in [-0.05, 0) is 11.6 Å². The number of carbonyl (C=O) groups excluding carboxylic acids is 1. The van der Waals surface area contributed by atoms with Crippen molar-refractivity contribution in [3.05, 3.63) is 57.8 Å². The molecule has 2 aromatic carbocycles. The number of thiophene rings is 1. The van der Waals surface area contributed by atoms with Crippen LogP contribution in [0.1, 0.15) is 32.5 Å². The number of carboxylic acid groups (broad SMARTS) is 1. The Morgan fingerprint density at radius 1 is 1.03 bits per heavy atom. The first-order valence-electron chi connectivity index (χ1n) is 9.53. The molecule has 0 bridgehead atoms. The Kier molecular flexibility index (Phi) is 5.56. The standard InChI is InChI=1S/C23H21NO6S/c1-28-15-11-17(30-3)16(29-2)9-13(15)14-10-18(25)24-20-19(12-7-5-4-6-8-12)22(23(26)27)31-21(14)20/h4-9,11,14H,10H2,1-3H3,(H,24,25)(H,26,27)/t14-/m1/s1. The second-order valence-electron chi connectivity index (χ2n) is 6.97. The van der Waals surface area contributed by atoms with E-state index in [4.69, 9.17) is 14.2 Å². The minimum absolute atomic E-state index is 0.159. The summed E-state index contributed by atoms with van der Waals surface area (Å²) in [5, 5.41) is 12.8. The lowest BCUT2D eigenvalue weighted by Gasteiger charge is -2.26. The number of amides is 1. The zero-order valence-corrected chi connectivity index (χ0v) is 18.0. The zero-order valence-electron chi connectivity index (χ0n) is 17.2. The molecule has 4 rings (SSSR count). The Hall–Kier alpha value is -3.52. The van der Waals surface area contributed by atoms with E-state index in [9.17, 15) is 14.7 Å². The van der Waals surface area contributed by atoms with Gasteiger partial charge >= 0.3 is 5.97 Å². The topological polar surface area (TPSA) is 94.1 Å². The molecule has 1 aliphatic heterocycles. The molecule has 3 aromatic rings. The Morgan fingerprint density at radius 3 is 2.29 bits per heavy atom. The van der Waals surface area contributed by atoms with E-state index >= 15 is 0 Å². The number of ether oxygens (including phenoxy) is 3. The summed E-state index contributed by atoms with van der Waals surface area (Å²) in [6.45, 7) is 0. The number of hydrogen-bond donors (Lipinski definition) is 2. The Morgan fingerprint density at radius 2 is 1.68 bits per heavy atom. The third-order valence-electron chi connectivity index (χ3n) is 5.27. The molecule has 2 N–H and O–H groups in total. The molecule has 0 saturated carbocycles. The van der Waals surface area contributed by atoms with Gasteiger partial charge in [0.05, 0.1) is 27.0 Å². The van der Waals surface area contributed by atoms with E-state index in [1.165, 1.54) is 25.6 Å². The van der Waals surface area contributed by atoms with Gasteiger partial charge in [-0.25, -0.2) is 4.79 Å². The predicted molar refractivity (Wildman–Crippen MR) is 118 cm³/mol. The maximum absolute atomic E-state index is 12.7. The maximum Gasteiger partial charge on any atom is 0.346 e. The second kappa shape index (κ2) is 8.31. The van der Waals surface area contributed by atoms with Crippen molar-refractivity contribution in [3.63, 3.8) is 0 Å². The van der Waals surface area contributed by atoms with Crippen LogP contribution >= 0.6 is 11.3 Å². The van der Waals surface area contributed by atoms with E-state index in [1.54, 1.807) is 19.2 Å². The molecule has 0 unspecified atom stereocenters. The summed E-state index contributed by atoms with van der Waals surface area (Å²) in [5.74, 6) is -0.0733. The number of benzene rings is 2. The highest BCUT2D eigenvalue weighted by Crippen LogP contribution is 2.52. The quantitative estimate of drug-likeness (QED) is 0.582. The van der Waals surface area contributed by atoms with Crippen LogP contribution in [-0.4, -0.2) is 38.3 Å². The van der Waals surface area contributed by atoms with Gasteiger partial charge in [-0.15, -0.1) is 11.3 Å². The van der Waals surface area contributed by atoms with Crippen LogP contribution in [0.2, 0.25) is 0 Å². The van der Waals surface area contributed by atoms with Crippen LogP contribution in [0.25, 0.3) is 11.1 Å². The summed E-state index contributed by atoms with van der Waals surface area (Å²) < 4.78 is 16.4. The number of carbonyl (C=O) groups is 2. The number of hydrogen-bond acceptors (Lipinski definition) is 6. The van der Waals surface area contributed by atoms with E-state index in [2.05, 4.69) is 5.32 Å². The van der Waals surface area contributed by atoms with Crippen LogP contribution in [-0.2, 0) is 4.79 Å². The minimum Gasteiger partial charge on any atom is -0.496 e. The van der Waals surface area contributed by atoms with Crippen LogP contribution in [0.15, 0.2) is 42.5 Å². The van der Waals surface area contributed by atoms with Gasteiger partial charge in [0, 0.05) is 34.4 Å². The smallest absolute Gasteiger partial charge is 0.346 e. The van der Waals surface area contributed by atoms with Crippen molar-refractivity contribution in [3.8, 4) is 28.4 Å². The molecule has 0 spiro atoms. The van der Waals surface area contributed by atoms with Crippen molar-refractivity contribution in [2.45, 2.75) is 12.3 Å². The molecular weight excluding hydrogens is 418 g/mol. The van der Waals surface area contributed by atoms with Crippen LogP contribution in [0.3, 0.4) is 0 Å². The fourth-order valence-corrected chi connectivity index (χ4v) is 5.13. The normalized spacial score (nSPS) is 15.1. The summed E-state index contributed by atoms with van der Waals surface area (Å²) in [4.78, 5) is 25.7. The Labute approximate surface area is 183 Å². The molecule has 8 heteroatoms. The van der Waals surface area contributed by atoms with Crippen LogP contribution < -0.4 is 19.5 Å². The van der Waals surface area contributed by atoms with Gasteiger partial charge in [-0.3, -0.25) is 4.79 Å². The molecule has 160 valence electrons. The fourth-order valence-electron chi connectivity index (χ4n) is 3.89. The predicted octanol–water partition coefficient (Wildman–Crippen LogP) is 4.61. The maximum atomic E-state index is 12.7. The summed E-state index contributed by atoms with van der Waals surface area (Å²) in [6, 6.07) is 12.7. The van der Waals surface area contributed by atoms with Gasteiger partial charge in [-0.2, -0.15) is 0 Å². The van der Waals surface area contributed by atoms with Gasteiger partial charge < -0.3 is 24.6 Å². The lowest BCUT2D eigenvalue weighted by molar-refractivity contribution is -0.116. The lowest BCUT2D eigenvalue weighted by atomic mass is 9.88. The van der Waals surface area contributed by atoms with Gasteiger partial charge in [0.25, 0.3) is 0 Å². The fraction of sp³-hybridized carbons (Fsp3) is 0.217. The molecule has 0 aliphatic carbocycles. The first-order chi connectivity index (χ1) is 15.0. The van der Waals surface area contributed by atoms with E-state index < -0.39 is 5.97 Å². The Bertz CT molecular complexity index is 1150. The molecule has 0 radical (unpaired) electrons. The number of nitrogens with one attached hydrogen (secondary N) is 1. The van der Waals surface area contributed by atoms with Crippen molar-refractivity contribution in [1.82, 2.24) is 0 Å². The highest BCUT2D eigenvalue weighted by Gasteiger charge is 2.36. The van der Waals surface area contributed by atoms with Crippen LogP contribution in [0, 0.1) is 0 Å². The molecule has 1 atom stereocenters. The van der Waals surface area contributed by atoms with E-state index in [0.29, 0.717) is 28.5 Å². The summed E-state index contributed by atoms with van der Waals surface area (Å²) >= 11 is 1.17. The highest BCUT2D eigenvalue weighted by atomic mass is 32.1. The highest BCUT2D eigenvalue weighted by molar-refractivity contribution is 7.15. The first-order valence-corrected chi connectivity index (χ1v) is 10.3. The molecular formula is C23H21NO6S. The largest absolute Gasteiger partial charge is 0.496 e. The summed E-state index contributed by atoms with van der Waals surface area (Å²) in [6.07, 6.45) is 0.159. The first kappa shape index (κ1) is 20.7. The molecule has 1 amide bonds. The van der Waals surface area contributed by atoms with E-state index in [-0.39, 0.29) is 23.1 Å². The number of carboxylic acids is 1. The van der Waals surface area contributed by atoms with E-state index in [1.807, 2.05) is 30.3 Å². The monoisotopic (exact) mass is 439 g/mol. The minimum atomic E-state index is -1.04. The van der Waals surface area contributed by atoms with Crippen LogP contribution in [0.4, 0.5) is 5.69 Å². The lowest BCUT2D eigenvalue weighted by Crippen LogP contribution is -2.23. The molecule has 31 heavy (non-hydrogen) atoms. The molecule has 1 aromatic heterocycles.